The first-order valence-electron chi connectivity index (χ1n) is 3.93. The van der Waals surface area contributed by atoms with Crippen LogP contribution >= 0.6 is 0 Å². The van der Waals surface area contributed by atoms with Crippen molar-refractivity contribution in [1.82, 2.24) is 4.98 Å². The molecule has 0 unspecified atom stereocenters. The first kappa shape index (κ1) is 10.6. The summed E-state index contributed by atoms with van der Waals surface area (Å²) in [5.74, 6) is 0.431. The Kier molecular flexibility index (Phi) is 4.69. The molecule has 3 heteroatoms. The fourth-order valence-corrected chi connectivity index (χ4v) is 0.691. The van der Waals surface area contributed by atoms with Gasteiger partial charge in [0.1, 0.15) is 11.5 Å². The highest BCUT2D eigenvalue weighted by Gasteiger charge is 1.95. The largest absolute Gasteiger partial charge is 0.382 e. The maximum atomic E-state index is 5.46. The lowest BCUT2D eigenvalue weighted by molar-refractivity contribution is 1.26. The van der Waals surface area contributed by atoms with Crippen LogP contribution in [-0.2, 0) is 0 Å². The van der Waals surface area contributed by atoms with Crippen LogP contribution < -0.4 is 5.73 Å². The van der Waals surface area contributed by atoms with Gasteiger partial charge in [-0.15, -0.1) is 0 Å². The van der Waals surface area contributed by atoms with Gasteiger partial charge in [-0.2, -0.15) is 0 Å². The maximum Gasteiger partial charge on any atom is 0.149 e. The van der Waals surface area contributed by atoms with Crippen molar-refractivity contribution >= 4 is 18.2 Å². The minimum absolute atomic E-state index is 0. The third-order valence-corrected chi connectivity index (χ3v) is 1.20. The molecular weight excluding hydrogens is 150 g/mol. The van der Waals surface area contributed by atoms with Crippen LogP contribution in [0.3, 0.4) is 0 Å². The summed E-state index contributed by atoms with van der Waals surface area (Å²) in [5, 5.41) is 0. The molecule has 0 saturated carbocycles. The summed E-state index contributed by atoms with van der Waals surface area (Å²) < 4.78 is 0. The van der Waals surface area contributed by atoms with E-state index >= 15 is 0 Å². The Hall–Kier alpha value is -1.38. The molecule has 0 spiro atoms. The minimum atomic E-state index is 0. The fraction of sp³-hybridized carbons (Fsp3) is 0.333. The summed E-state index contributed by atoms with van der Waals surface area (Å²) in [6.07, 6.45) is 1.70. The summed E-state index contributed by atoms with van der Waals surface area (Å²) in [5.41, 5.74) is 7.15. The molecule has 1 rings (SSSR count). The number of nitrogen functional groups attached to an aromatic ring is 1. The standard InChI is InChI=1S/C7H9N3.C2H6.H2/c1-5-3-6(9-2)7(8)10-4-5;1-2;/h3-4H,2H2,1H3,(H2,8,10);1-2H3;1H. The van der Waals surface area contributed by atoms with Crippen LogP contribution in [0.4, 0.5) is 11.5 Å². The van der Waals surface area contributed by atoms with Crippen molar-refractivity contribution in [2.75, 3.05) is 5.73 Å². The van der Waals surface area contributed by atoms with Crippen molar-refractivity contribution in [3.05, 3.63) is 17.8 Å². The van der Waals surface area contributed by atoms with Gasteiger partial charge in [0.2, 0.25) is 0 Å². The second kappa shape index (κ2) is 5.29. The molecule has 0 aliphatic carbocycles. The molecule has 1 aromatic rings. The number of rotatable bonds is 1. The van der Waals surface area contributed by atoms with E-state index in [1.807, 2.05) is 26.8 Å². The summed E-state index contributed by atoms with van der Waals surface area (Å²) in [4.78, 5) is 7.59. The first-order chi connectivity index (χ1) is 5.74. The SMILES string of the molecule is C=Nc1cc(C)cnc1N.CC.[HH]. The summed E-state index contributed by atoms with van der Waals surface area (Å²) in [6, 6.07) is 1.84. The zero-order valence-corrected chi connectivity index (χ0v) is 7.83. The van der Waals surface area contributed by atoms with Crippen molar-refractivity contribution in [2.24, 2.45) is 4.99 Å². The monoisotopic (exact) mass is 167 g/mol. The van der Waals surface area contributed by atoms with E-state index in [1.165, 1.54) is 0 Å². The molecule has 0 radical (unpaired) electrons. The van der Waals surface area contributed by atoms with E-state index in [0.29, 0.717) is 11.5 Å². The van der Waals surface area contributed by atoms with Gasteiger partial charge in [0.25, 0.3) is 0 Å². The Balaban J connectivity index is 0. The second-order valence-electron chi connectivity index (χ2n) is 2.08. The molecule has 1 heterocycles. The second-order valence-corrected chi connectivity index (χ2v) is 2.08. The van der Waals surface area contributed by atoms with Crippen LogP contribution in [0.15, 0.2) is 17.3 Å². The molecule has 0 aliphatic rings. The van der Waals surface area contributed by atoms with Crippen LogP contribution in [0.1, 0.15) is 20.8 Å². The third kappa shape index (κ3) is 2.70. The highest BCUT2D eigenvalue weighted by atomic mass is 14.9. The Morgan fingerprint density at radius 3 is 2.58 bits per heavy atom. The van der Waals surface area contributed by atoms with Gasteiger partial charge in [0.05, 0.1) is 0 Å². The van der Waals surface area contributed by atoms with Gasteiger partial charge >= 0.3 is 0 Å². The quantitative estimate of drug-likeness (QED) is 0.653. The topological polar surface area (TPSA) is 51.3 Å². The Labute approximate surface area is 74.8 Å². The van der Waals surface area contributed by atoms with Crippen molar-refractivity contribution in [3.8, 4) is 0 Å². The van der Waals surface area contributed by atoms with E-state index < -0.39 is 0 Å². The van der Waals surface area contributed by atoms with E-state index in [-0.39, 0.29) is 1.43 Å². The number of aromatic nitrogens is 1. The molecule has 0 atom stereocenters. The number of hydrogen-bond acceptors (Lipinski definition) is 3. The number of pyridine rings is 1. The molecule has 2 N–H and O–H groups in total. The van der Waals surface area contributed by atoms with E-state index in [0.717, 1.165) is 5.56 Å². The van der Waals surface area contributed by atoms with Crippen molar-refractivity contribution < 1.29 is 1.43 Å². The highest BCUT2D eigenvalue weighted by molar-refractivity contribution is 5.61. The predicted octanol–water partition coefficient (Wildman–Crippen LogP) is 2.58. The van der Waals surface area contributed by atoms with Gasteiger partial charge in [0.15, 0.2) is 0 Å². The van der Waals surface area contributed by atoms with E-state index in [1.54, 1.807) is 6.20 Å². The summed E-state index contributed by atoms with van der Waals surface area (Å²) in [6.45, 7) is 9.29. The van der Waals surface area contributed by atoms with E-state index in [4.69, 9.17) is 5.73 Å². The number of aryl methyl sites for hydroxylation is 1. The van der Waals surface area contributed by atoms with Gasteiger partial charge in [-0.05, 0) is 25.3 Å². The van der Waals surface area contributed by atoms with Crippen molar-refractivity contribution in [2.45, 2.75) is 20.8 Å². The van der Waals surface area contributed by atoms with Crippen LogP contribution in [0, 0.1) is 6.92 Å². The molecule has 0 aromatic carbocycles. The number of nitrogens with zero attached hydrogens (tertiary/aromatic N) is 2. The van der Waals surface area contributed by atoms with Crippen LogP contribution in [0.25, 0.3) is 0 Å². The maximum absolute atomic E-state index is 5.46. The molecule has 1 aromatic heterocycles. The fourth-order valence-electron chi connectivity index (χ4n) is 0.691. The molecule has 68 valence electrons. The van der Waals surface area contributed by atoms with Crippen LogP contribution in [-0.4, -0.2) is 11.7 Å². The minimum Gasteiger partial charge on any atom is -0.382 e. The lowest BCUT2D eigenvalue weighted by atomic mass is 10.3. The molecular formula is C9H17N3. The smallest absolute Gasteiger partial charge is 0.149 e. The Morgan fingerprint density at radius 2 is 2.17 bits per heavy atom. The zero-order valence-electron chi connectivity index (χ0n) is 7.83. The number of anilines is 1. The van der Waals surface area contributed by atoms with Crippen LogP contribution in [0.2, 0.25) is 0 Å². The highest BCUT2D eigenvalue weighted by Crippen LogP contribution is 2.18. The molecule has 12 heavy (non-hydrogen) atoms. The normalized spacial score (nSPS) is 8.25. The number of hydrogen-bond donors (Lipinski definition) is 1. The average molecular weight is 167 g/mol. The summed E-state index contributed by atoms with van der Waals surface area (Å²) in [7, 11) is 0. The molecule has 0 fully saturated rings. The Bertz CT molecular complexity index is 261. The predicted molar refractivity (Wildman–Crippen MR) is 56.1 cm³/mol. The van der Waals surface area contributed by atoms with E-state index in [9.17, 15) is 0 Å². The lowest BCUT2D eigenvalue weighted by Gasteiger charge is -1.97. The number of aliphatic imine (C=N–C) groups is 1. The van der Waals surface area contributed by atoms with Gasteiger partial charge in [0, 0.05) is 7.62 Å². The molecule has 0 bridgehead atoms. The van der Waals surface area contributed by atoms with Crippen LogP contribution in [0.5, 0.6) is 0 Å². The third-order valence-electron chi connectivity index (χ3n) is 1.20. The Morgan fingerprint density at radius 1 is 1.58 bits per heavy atom. The molecule has 0 aliphatic heterocycles. The summed E-state index contributed by atoms with van der Waals surface area (Å²) >= 11 is 0. The lowest BCUT2D eigenvalue weighted by Crippen LogP contribution is -1.89. The molecule has 0 saturated heterocycles. The van der Waals surface area contributed by atoms with Gasteiger partial charge in [-0.1, -0.05) is 13.8 Å². The van der Waals surface area contributed by atoms with Gasteiger partial charge < -0.3 is 5.73 Å². The average Bonchev–Trinajstić information content (AvgIpc) is 2.13. The van der Waals surface area contributed by atoms with E-state index in [2.05, 4.69) is 16.7 Å². The molecule has 0 amide bonds. The van der Waals surface area contributed by atoms with Crippen molar-refractivity contribution in [3.63, 3.8) is 0 Å². The van der Waals surface area contributed by atoms with Crippen molar-refractivity contribution in [1.29, 1.82) is 0 Å². The van der Waals surface area contributed by atoms with Gasteiger partial charge in [-0.25, -0.2) is 4.98 Å². The zero-order chi connectivity index (χ0) is 9.56. The molecule has 3 nitrogen and oxygen atoms in total. The van der Waals surface area contributed by atoms with Gasteiger partial charge in [-0.3, -0.25) is 4.99 Å². The first-order valence-corrected chi connectivity index (χ1v) is 3.93. The number of nitrogens with two attached hydrogens (primary N) is 1.